The van der Waals surface area contributed by atoms with Crippen molar-refractivity contribution in [1.82, 2.24) is 5.32 Å². The maximum atomic E-state index is 13.8. The van der Waals surface area contributed by atoms with E-state index in [-0.39, 0.29) is 16.9 Å². The summed E-state index contributed by atoms with van der Waals surface area (Å²) in [5.74, 6) is 1.10. The molecule has 0 spiro atoms. The maximum absolute atomic E-state index is 13.8. The molecule has 0 aliphatic carbocycles. The van der Waals surface area contributed by atoms with Crippen LogP contribution in [0.3, 0.4) is 0 Å². The Kier molecular flexibility index (Phi) is 7.60. The summed E-state index contributed by atoms with van der Waals surface area (Å²) in [7, 11) is -0.848. The van der Waals surface area contributed by atoms with E-state index in [0.717, 1.165) is 11.1 Å². The van der Waals surface area contributed by atoms with Crippen LogP contribution in [-0.4, -0.2) is 41.2 Å². The summed E-state index contributed by atoms with van der Waals surface area (Å²) in [5, 5.41) is 2.95. The second-order valence-corrected chi connectivity index (χ2v) is 12.1. The lowest BCUT2D eigenvalue weighted by Crippen LogP contribution is -2.51. The summed E-state index contributed by atoms with van der Waals surface area (Å²) < 4.78 is 45.7. The Morgan fingerprint density at radius 3 is 2.37 bits per heavy atom. The zero-order chi connectivity index (χ0) is 27.7. The summed E-state index contributed by atoms with van der Waals surface area (Å²) in [6, 6.07) is 18.5. The monoisotopic (exact) mass is 538 g/mol. The number of anilines is 1. The Morgan fingerprint density at radius 1 is 1.03 bits per heavy atom. The van der Waals surface area contributed by atoms with Gasteiger partial charge in [-0.15, -0.1) is 0 Å². The molecule has 8 nitrogen and oxygen atoms in total. The lowest BCUT2D eigenvalue weighted by molar-refractivity contribution is -0.128. The number of nitrogens with one attached hydrogen (secondary N) is 1. The molecule has 0 saturated heterocycles. The van der Waals surface area contributed by atoms with Crippen molar-refractivity contribution in [2.45, 2.75) is 50.2 Å². The molecule has 202 valence electrons. The Labute approximate surface area is 224 Å². The van der Waals surface area contributed by atoms with Gasteiger partial charge in [0.2, 0.25) is 0 Å². The number of nitrogens with zero attached hydrogens (tertiary/aromatic N) is 1. The Hall–Kier alpha value is -3.72. The van der Waals surface area contributed by atoms with Gasteiger partial charge >= 0.3 is 0 Å². The summed E-state index contributed by atoms with van der Waals surface area (Å²) in [5.41, 5.74) is 1.87. The lowest BCUT2D eigenvalue weighted by atomic mass is 9.86. The van der Waals surface area contributed by atoms with Gasteiger partial charge in [-0.05, 0) is 60.4 Å². The predicted molar refractivity (Wildman–Crippen MR) is 147 cm³/mol. The predicted octanol–water partition coefficient (Wildman–Crippen LogP) is 4.84. The molecule has 1 aliphatic rings. The van der Waals surface area contributed by atoms with Crippen LogP contribution in [0.15, 0.2) is 71.6 Å². The van der Waals surface area contributed by atoms with E-state index in [1.54, 1.807) is 68.8 Å². The minimum absolute atomic E-state index is 0.141. The van der Waals surface area contributed by atoms with Crippen LogP contribution in [0.4, 0.5) is 5.69 Å². The van der Waals surface area contributed by atoms with Crippen molar-refractivity contribution in [1.29, 1.82) is 0 Å². The molecule has 0 fully saturated rings. The third-order valence-electron chi connectivity index (χ3n) is 6.58. The first-order valence-electron chi connectivity index (χ1n) is 12.4. The fourth-order valence-electron chi connectivity index (χ4n) is 4.36. The van der Waals surface area contributed by atoms with Gasteiger partial charge in [0.1, 0.15) is 17.2 Å². The van der Waals surface area contributed by atoms with E-state index in [1.165, 1.54) is 4.31 Å². The molecule has 0 radical (unpaired) electrons. The van der Waals surface area contributed by atoms with E-state index in [0.29, 0.717) is 22.9 Å². The van der Waals surface area contributed by atoms with Gasteiger partial charge in [0, 0.05) is 5.56 Å². The van der Waals surface area contributed by atoms with Gasteiger partial charge in [0.15, 0.2) is 6.10 Å². The fourth-order valence-corrected chi connectivity index (χ4v) is 5.85. The Balaban J connectivity index is 1.69. The number of hydrogen-bond donors (Lipinski definition) is 1. The van der Waals surface area contributed by atoms with E-state index in [9.17, 15) is 13.2 Å². The zero-order valence-corrected chi connectivity index (χ0v) is 23.3. The topological polar surface area (TPSA) is 94.2 Å². The quantitative estimate of drug-likeness (QED) is 0.463. The average molecular weight is 539 g/mol. The van der Waals surface area contributed by atoms with Crippen LogP contribution in [0.1, 0.15) is 44.9 Å². The molecule has 0 saturated carbocycles. The minimum Gasteiger partial charge on any atom is -0.497 e. The van der Waals surface area contributed by atoms with Crippen molar-refractivity contribution in [3.63, 3.8) is 0 Å². The molecule has 2 atom stereocenters. The Morgan fingerprint density at radius 2 is 1.74 bits per heavy atom. The highest BCUT2D eigenvalue weighted by molar-refractivity contribution is 7.92. The van der Waals surface area contributed by atoms with Crippen LogP contribution in [0.5, 0.6) is 17.2 Å². The number of methoxy groups -OCH3 is 2. The van der Waals surface area contributed by atoms with E-state index in [4.69, 9.17) is 14.2 Å². The van der Waals surface area contributed by atoms with Crippen LogP contribution >= 0.6 is 0 Å². The molecule has 0 aromatic heterocycles. The van der Waals surface area contributed by atoms with Crippen LogP contribution in [0.25, 0.3) is 0 Å². The molecule has 38 heavy (non-hydrogen) atoms. The highest BCUT2D eigenvalue weighted by Crippen LogP contribution is 2.40. The second-order valence-electron chi connectivity index (χ2n) is 10.2. The summed E-state index contributed by atoms with van der Waals surface area (Å²) in [6.45, 7) is 7.81. The number of fused-ring (bicyclic) bond motifs is 1. The van der Waals surface area contributed by atoms with Crippen LogP contribution in [-0.2, 0) is 20.2 Å². The van der Waals surface area contributed by atoms with Gasteiger partial charge in [0.25, 0.3) is 15.9 Å². The second kappa shape index (κ2) is 10.6. The molecule has 1 aliphatic heterocycles. The number of hydrogen-bond acceptors (Lipinski definition) is 6. The first-order valence-corrected chi connectivity index (χ1v) is 13.8. The molecule has 4 rings (SSSR count). The van der Waals surface area contributed by atoms with Crippen molar-refractivity contribution < 1.29 is 27.4 Å². The molecule has 1 amide bonds. The van der Waals surface area contributed by atoms with Crippen molar-refractivity contribution in [2.75, 3.05) is 25.1 Å². The normalized spacial score (nSPS) is 16.2. The van der Waals surface area contributed by atoms with E-state index in [1.807, 2.05) is 19.1 Å². The summed E-state index contributed by atoms with van der Waals surface area (Å²) in [4.78, 5) is 13.6. The molecule has 1 N–H and O–H groups in total. The molecular weight excluding hydrogens is 504 g/mol. The van der Waals surface area contributed by atoms with Crippen LogP contribution in [0, 0.1) is 0 Å². The van der Waals surface area contributed by atoms with Gasteiger partial charge < -0.3 is 19.5 Å². The van der Waals surface area contributed by atoms with Crippen LogP contribution < -0.4 is 23.8 Å². The fraction of sp³-hybridized carbons (Fsp3) is 0.345. The van der Waals surface area contributed by atoms with Gasteiger partial charge in [0.05, 0.1) is 37.4 Å². The number of ether oxygens (including phenoxy) is 3. The van der Waals surface area contributed by atoms with Gasteiger partial charge in [-0.3, -0.25) is 9.10 Å². The van der Waals surface area contributed by atoms with Crippen molar-refractivity contribution in [2.24, 2.45) is 0 Å². The summed E-state index contributed by atoms with van der Waals surface area (Å²) in [6.07, 6.45) is -1.07. The largest absolute Gasteiger partial charge is 0.497 e. The third kappa shape index (κ3) is 5.43. The standard InChI is InChI=1S/C29H34N2O6S/c1-19(23-17-21(35-5)13-15-25(23)36-6)30-28(32)27-18-31(38(33,34)22-10-8-7-9-11-22)24-16-20(29(2,3)4)12-14-26(24)37-27/h7-17,19,27H,18H2,1-6H3,(H,30,32)/t19-,27+/m0/s1. The van der Waals surface area contributed by atoms with Crippen molar-refractivity contribution in [3.05, 3.63) is 77.9 Å². The van der Waals surface area contributed by atoms with Gasteiger partial charge in [-0.1, -0.05) is 45.0 Å². The lowest BCUT2D eigenvalue weighted by Gasteiger charge is -2.36. The number of carbonyl (C=O) groups excluding carboxylic acids is 1. The molecule has 0 bridgehead atoms. The maximum Gasteiger partial charge on any atom is 0.264 e. The molecule has 0 unspecified atom stereocenters. The number of carbonyl (C=O) groups is 1. The third-order valence-corrected chi connectivity index (χ3v) is 8.37. The van der Waals surface area contributed by atoms with Gasteiger partial charge in [-0.2, -0.15) is 0 Å². The number of amides is 1. The highest BCUT2D eigenvalue weighted by Gasteiger charge is 2.38. The van der Waals surface area contributed by atoms with E-state index < -0.39 is 28.1 Å². The zero-order valence-electron chi connectivity index (χ0n) is 22.5. The summed E-state index contributed by atoms with van der Waals surface area (Å²) >= 11 is 0. The smallest absolute Gasteiger partial charge is 0.264 e. The molecule has 3 aromatic carbocycles. The minimum atomic E-state index is -3.97. The number of benzene rings is 3. The average Bonchev–Trinajstić information content (AvgIpc) is 2.91. The number of rotatable bonds is 7. The highest BCUT2D eigenvalue weighted by atomic mass is 32.2. The molecule has 3 aromatic rings. The molecule has 1 heterocycles. The van der Waals surface area contributed by atoms with E-state index >= 15 is 0 Å². The molecular formula is C29H34N2O6S. The van der Waals surface area contributed by atoms with Gasteiger partial charge in [-0.25, -0.2) is 8.42 Å². The van der Waals surface area contributed by atoms with Crippen molar-refractivity contribution >= 4 is 21.6 Å². The van der Waals surface area contributed by atoms with Crippen molar-refractivity contribution in [3.8, 4) is 17.2 Å². The first kappa shape index (κ1) is 27.3. The Bertz CT molecular complexity index is 1420. The first-order chi connectivity index (χ1) is 18.0. The van der Waals surface area contributed by atoms with Crippen LogP contribution in [0.2, 0.25) is 0 Å². The molecule has 9 heteroatoms. The van der Waals surface area contributed by atoms with E-state index in [2.05, 4.69) is 26.1 Å². The number of sulfonamides is 1. The SMILES string of the molecule is COc1ccc(OC)c([C@H](C)NC(=O)[C@H]2CN(S(=O)(=O)c3ccccc3)c3cc(C(C)(C)C)ccc3O2)c1.